The van der Waals surface area contributed by atoms with E-state index >= 15 is 0 Å². The number of ketones is 2. The maximum atomic E-state index is 13.0. The van der Waals surface area contributed by atoms with Gasteiger partial charge in [-0.2, -0.15) is 0 Å². The molecule has 0 saturated heterocycles. The monoisotopic (exact) mass is 314 g/mol. The molecule has 0 aliphatic heterocycles. The first kappa shape index (κ1) is 15.2. The standard InChI is InChI=1S/C20H26O3/c1-3-23-13-5-7-14-12(10-13)4-6-15-16-8-9-18(22)20(16,2)11-17(21)19(14)15/h4,10,14-16,19H,3,5-9,11H2,1-2H3/t14-,15-,16-,19+,20-/m0/s1. The van der Waals surface area contributed by atoms with E-state index < -0.39 is 0 Å². The number of allylic oxidation sites excluding steroid dienone is 4. The number of hydrogen-bond donors (Lipinski definition) is 0. The molecule has 5 atom stereocenters. The van der Waals surface area contributed by atoms with Crippen molar-refractivity contribution in [2.24, 2.45) is 29.1 Å². The summed E-state index contributed by atoms with van der Waals surface area (Å²) in [5, 5.41) is 0. The summed E-state index contributed by atoms with van der Waals surface area (Å²) in [6.45, 7) is 4.77. The zero-order valence-electron chi connectivity index (χ0n) is 14.1. The Morgan fingerprint density at radius 3 is 2.87 bits per heavy atom. The van der Waals surface area contributed by atoms with Gasteiger partial charge >= 0.3 is 0 Å². The van der Waals surface area contributed by atoms with Crippen molar-refractivity contribution >= 4 is 11.6 Å². The van der Waals surface area contributed by atoms with Crippen LogP contribution in [0.15, 0.2) is 23.5 Å². The minimum atomic E-state index is -0.370. The highest BCUT2D eigenvalue weighted by Crippen LogP contribution is 2.58. The van der Waals surface area contributed by atoms with E-state index in [4.69, 9.17) is 4.74 Å². The molecule has 4 rings (SSSR count). The maximum absolute atomic E-state index is 13.0. The molecule has 4 aliphatic carbocycles. The molecular formula is C20H26O3. The van der Waals surface area contributed by atoms with Crippen LogP contribution in [0.25, 0.3) is 0 Å². The lowest BCUT2D eigenvalue weighted by Gasteiger charge is -2.49. The molecular weight excluding hydrogens is 288 g/mol. The Morgan fingerprint density at radius 2 is 2.09 bits per heavy atom. The summed E-state index contributed by atoms with van der Waals surface area (Å²) in [5.41, 5.74) is 0.937. The Labute approximate surface area is 138 Å². The number of ether oxygens (including phenoxy) is 1. The van der Waals surface area contributed by atoms with Crippen molar-refractivity contribution in [1.82, 2.24) is 0 Å². The van der Waals surface area contributed by atoms with Gasteiger partial charge in [0.15, 0.2) is 0 Å². The molecule has 0 unspecified atom stereocenters. The van der Waals surface area contributed by atoms with Crippen LogP contribution in [-0.2, 0) is 14.3 Å². The minimum Gasteiger partial charge on any atom is -0.498 e. The van der Waals surface area contributed by atoms with Gasteiger partial charge in [0.25, 0.3) is 0 Å². The molecule has 2 fully saturated rings. The van der Waals surface area contributed by atoms with Crippen molar-refractivity contribution in [3.8, 4) is 0 Å². The Balaban J connectivity index is 1.67. The molecule has 4 aliphatic rings. The third-order valence-corrected chi connectivity index (χ3v) is 6.88. The van der Waals surface area contributed by atoms with Crippen molar-refractivity contribution in [1.29, 1.82) is 0 Å². The van der Waals surface area contributed by atoms with Crippen LogP contribution >= 0.6 is 0 Å². The second-order valence-corrected chi connectivity index (χ2v) is 7.95. The summed E-state index contributed by atoms with van der Waals surface area (Å²) in [4.78, 5) is 25.3. The Hall–Kier alpha value is -1.38. The molecule has 0 aromatic rings. The van der Waals surface area contributed by atoms with Gasteiger partial charge in [0.05, 0.1) is 12.4 Å². The minimum absolute atomic E-state index is 0.137. The van der Waals surface area contributed by atoms with Crippen LogP contribution in [0.2, 0.25) is 0 Å². The first-order chi connectivity index (χ1) is 11.0. The molecule has 0 amide bonds. The van der Waals surface area contributed by atoms with Crippen LogP contribution in [0.1, 0.15) is 52.4 Å². The SMILES string of the molecule is CCOC1=CC2=CC[C@@H]3[C@H](C(=O)C[C@]4(C)C(=O)CC[C@@H]34)[C@H]2CC1. The summed E-state index contributed by atoms with van der Waals surface area (Å²) < 4.78 is 5.68. The molecule has 0 spiro atoms. The van der Waals surface area contributed by atoms with Gasteiger partial charge in [-0.3, -0.25) is 9.59 Å². The van der Waals surface area contributed by atoms with Gasteiger partial charge in [-0.1, -0.05) is 13.0 Å². The van der Waals surface area contributed by atoms with Crippen molar-refractivity contribution in [2.45, 2.75) is 52.4 Å². The first-order valence-electron chi connectivity index (χ1n) is 9.14. The fourth-order valence-corrected chi connectivity index (χ4v) is 5.81. The van der Waals surface area contributed by atoms with Crippen LogP contribution in [0.5, 0.6) is 0 Å². The van der Waals surface area contributed by atoms with Gasteiger partial charge in [-0.15, -0.1) is 0 Å². The van der Waals surface area contributed by atoms with Gasteiger partial charge in [-0.25, -0.2) is 0 Å². The van der Waals surface area contributed by atoms with E-state index in [1.54, 1.807) is 0 Å². The first-order valence-corrected chi connectivity index (χ1v) is 9.14. The van der Waals surface area contributed by atoms with Crippen molar-refractivity contribution < 1.29 is 14.3 Å². The third kappa shape index (κ3) is 2.15. The van der Waals surface area contributed by atoms with Gasteiger partial charge in [0, 0.05) is 30.6 Å². The summed E-state index contributed by atoms with van der Waals surface area (Å²) in [5.74, 6) is 3.01. The Morgan fingerprint density at radius 1 is 1.26 bits per heavy atom. The number of carbonyl (C=O) groups is 2. The molecule has 124 valence electrons. The molecule has 0 bridgehead atoms. The highest BCUT2D eigenvalue weighted by molar-refractivity contribution is 5.95. The van der Waals surface area contributed by atoms with Crippen molar-refractivity contribution in [3.05, 3.63) is 23.5 Å². The summed E-state index contributed by atoms with van der Waals surface area (Å²) in [6.07, 6.45) is 9.54. The fraction of sp³-hybridized carbons (Fsp3) is 0.700. The quantitative estimate of drug-likeness (QED) is 0.778. The molecule has 3 nitrogen and oxygen atoms in total. The maximum Gasteiger partial charge on any atom is 0.139 e. The fourth-order valence-electron chi connectivity index (χ4n) is 5.81. The number of rotatable bonds is 2. The van der Waals surface area contributed by atoms with E-state index in [-0.39, 0.29) is 11.3 Å². The van der Waals surface area contributed by atoms with E-state index in [9.17, 15) is 9.59 Å². The molecule has 0 radical (unpaired) electrons. The molecule has 0 aromatic heterocycles. The second-order valence-electron chi connectivity index (χ2n) is 7.95. The van der Waals surface area contributed by atoms with Crippen molar-refractivity contribution in [3.63, 3.8) is 0 Å². The van der Waals surface area contributed by atoms with Gasteiger partial charge in [0.2, 0.25) is 0 Å². The molecule has 0 aromatic carbocycles. The van der Waals surface area contributed by atoms with Gasteiger partial charge < -0.3 is 4.74 Å². The third-order valence-electron chi connectivity index (χ3n) is 6.88. The number of fused-ring (bicyclic) bond motifs is 5. The van der Waals surface area contributed by atoms with Crippen LogP contribution in [0, 0.1) is 29.1 Å². The predicted molar refractivity (Wildman–Crippen MR) is 87.6 cm³/mol. The normalized spacial score (nSPS) is 42.3. The van der Waals surface area contributed by atoms with Crippen LogP contribution < -0.4 is 0 Å². The highest BCUT2D eigenvalue weighted by atomic mass is 16.5. The number of carbonyl (C=O) groups excluding carboxylic acids is 2. The van der Waals surface area contributed by atoms with E-state index in [0.29, 0.717) is 48.8 Å². The summed E-state index contributed by atoms with van der Waals surface area (Å²) in [7, 11) is 0. The lowest BCUT2D eigenvalue weighted by atomic mass is 9.53. The van der Waals surface area contributed by atoms with Crippen LogP contribution in [0.3, 0.4) is 0 Å². The van der Waals surface area contributed by atoms with E-state index in [1.807, 2.05) is 13.8 Å². The topological polar surface area (TPSA) is 43.4 Å². The van der Waals surface area contributed by atoms with Crippen LogP contribution in [-0.4, -0.2) is 18.2 Å². The lowest BCUT2D eigenvalue weighted by Crippen LogP contribution is -2.50. The second kappa shape index (κ2) is 5.32. The van der Waals surface area contributed by atoms with Crippen molar-refractivity contribution in [2.75, 3.05) is 6.61 Å². The van der Waals surface area contributed by atoms with E-state index in [2.05, 4.69) is 12.2 Å². The number of Topliss-reactive ketones (excluding diaryl/α,β-unsaturated/α-hetero) is 2. The average Bonchev–Trinajstić information content (AvgIpc) is 2.82. The zero-order valence-corrected chi connectivity index (χ0v) is 14.1. The largest absolute Gasteiger partial charge is 0.498 e. The number of hydrogen-bond acceptors (Lipinski definition) is 3. The smallest absolute Gasteiger partial charge is 0.139 e. The Kier molecular flexibility index (Phi) is 3.51. The Bertz CT molecular complexity index is 614. The average molecular weight is 314 g/mol. The zero-order chi connectivity index (χ0) is 16.2. The van der Waals surface area contributed by atoms with E-state index in [1.165, 1.54) is 5.57 Å². The molecule has 3 heteroatoms. The lowest BCUT2D eigenvalue weighted by molar-refractivity contribution is -0.144. The van der Waals surface area contributed by atoms with Gasteiger partial charge in [-0.05, 0) is 55.6 Å². The molecule has 0 heterocycles. The predicted octanol–water partition coefficient (Wildman–Crippen LogP) is 3.84. The van der Waals surface area contributed by atoms with Crippen LogP contribution in [0.4, 0.5) is 0 Å². The highest BCUT2D eigenvalue weighted by Gasteiger charge is 2.58. The molecule has 0 N–H and O–H groups in total. The molecule has 23 heavy (non-hydrogen) atoms. The molecule has 2 saturated carbocycles. The summed E-state index contributed by atoms with van der Waals surface area (Å²) in [6, 6.07) is 0. The van der Waals surface area contributed by atoms with Gasteiger partial charge in [0.1, 0.15) is 11.6 Å². The van der Waals surface area contributed by atoms with E-state index in [0.717, 1.165) is 31.4 Å². The summed E-state index contributed by atoms with van der Waals surface area (Å²) >= 11 is 0.